The topological polar surface area (TPSA) is 61.4 Å². The zero-order chi connectivity index (χ0) is 14.4. The van der Waals surface area contributed by atoms with E-state index in [1.807, 2.05) is 0 Å². The second-order valence-electron chi connectivity index (χ2n) is 4.01. The van der Waals surface area contributed by atoms with Gasteiger partial charge in [-0.2, -0.15) is 0 Å². The predicted molar refractivity (Wildman–Crippen MR) is 83.6 cm³/mol. The number of hydrogen-bond acceptors (Lipinski definition) is 2. The number of carbonyl (C=O) groups excluding carboxylic acids is 2. The number of halogens is 2. The van der Waals surface area contributed by atoms with Crippen LogP contribution < -0.4 is 10.6 Å². The zero-order valence-corrected chi connectivity index (χ0v) is 13.6. The van der Waals surface area contributed by atoms with E-state index in [-0.39, 0.29) is 11.9 Å². The van der Waals surface area contributed by atoms with Crippen molar-refractivity contribution in [2.24, 2.45) is 0 Å². The molecule has 0 bridgehead atoms. The lowest BCUT2D eigenvalue weighted by atomic mass is 10.2. The molecule has 1 rings (SSSR count). The Morgan fingerprint density at radius 3 is 2.53 bits per heavy atom. The molecule has 0 aliphatic rings. The van der Waals surface area contributed by atoms with E-state index in [9.17, 15) is 9.59 Å². The van der Waals surface area contributed by atoms with E-state index in [4.69, 9.17) is 11.6 Å². The first kappa shape index (κ1) is 16.0. The largest absolute Gasteiger partial charge is 0.350 e. The van der Waals surface area contributed by atoms with Gasteiger partial charge in [0.15, 0.2) is 0 Å². The molecule has 0 fully saturated rings. The van der Waals surface area contributed by atoms with Gasteiger partial charge in [0, 0.05) is 35.8 Å². The summed E-state index contributed by atoms with van der Waals surface area (Å²) in [5.41, 5.74) is 0.534. The molecular weight excluding hydrogens is 381 g/mol. The normalized spacial score (nSPS) is 9.89. The zero-order valence-electron chi connectivity index (χ0n) is 10.7. The molecule has 1 aromatic rings. The van der Waals surface area contributed by atoms with Gasteiger partial charge in [-0.05, 0) is 40.8 Å². The molecule has 1 aromatic carbocycles. The van der Waals surface area contributed by atoms with Gasteiger partial charge >= 0.3 is 6.03 Å². The van der Waals surface area contributed by atoms with Gasteiger partial charge in [-0.15, -0.1) is 0 Å². The Morgan fingerprint density at radius 2 is 1.89 bits per heavy atom. The van der Waals surface area contributed by atoms with E-state index in [0.29, 0.717) is 23.7 Å². The van der Waals surface area contributed by atoms with E-state index in [1.54, 1.807) is 32.3 Å². The molecule has 0 saturated heterocycles. The summed E-state index contributed by atoms with van der Waals surface area (Å²) < 4.78 is 0.830. The van der Waals surface area contributed by atoms with Crippen molar-refractivity contribution in [3.8, 4) is 0 Å². The maximum atomic E-state index is 11.9. The minimum Gasteiger partial charge on any atom is -0.350 e. The van der Waals surface area contributed by atoms with Crippen molar-refractivity contribution in [2.75, 3.05) is 27.2 Å². The number of nitrogens with zero attached hydrogens (tertiary/aromatic N) is 1. The fourth-order valence-electron chi connectivity index (χ4n) is 1.27. The number of benzene rings is 1. The van der Waals surface area contributed by atoms with Crippen molar-refractivity contribution in [3.05, 3.63) is 32.4 Å². The summed E-state index contributed by atoms with van der Waals surface area (Å²) in [5, 5.41) is 5.90. The fraction of sp³-hybridized carbons (Fsp3) is 0.333. The first-order valence-electron chi connectivity index (χ1n) is 5.60. The SMILES string of the molecule is CN(C)C(=O)NCCNC(=O)c1cc(Cl)ccc1I. The van der Waals surface area contributed by atoms with E-state index < -0.39 is 0 Å². The van der Waals surface area contributed by atoms with Crippen LogP contribution in [0.2, 0.25) is 5.02 Å². The minimum absolute atomic E-state index is 0.188. The first-order chi connectivity index (χ1) is 8.91. The molecule has 0 radical (unpaired) electrons. The molecule has 0 saturated carbocycles. The Hall–Kier alpha value is -1.02. The van der Waals surface area contributed by atoms with Crippen LogP contribution in [-0.2, 0) is 0 Å². The van der Waals surface area contributed by atoms with E-state index >= 15 is 0 Å². The van der Waals surface area contributed by atoms with Crippen molar-refractivity contribution < 1.29 is 9.59 Å². The molecule has 0 atom stereocenters. The Labute approximate surface area is 130 Å². The summed E-state index contributed by atoms with van der Waals surface area (Å²) >= 11 is 7.93. The standard InChI is InChI=1S/C12H15ClIN3O2/c1-17(2)12(19)16-6-5-15-11(18)9-7-8(13)3-4-10(9)14/h3-4,7H,5-6H2,1-2H3,(H,15,18)(H,16,19). The summed E-state index contributed by atoms with van der Waals surface area (Å²) in [6, 6.07) is 4.95. The van der Waals surface area contributed by atoms with Crippen molar-refractivity contribution >= 4 is 46.1 Å². The van der Waals surface area contributed by atoms with Gasteiger partial charge in [-0.1, -0.05) is 11.6 Å². The highest BCUT2D eigenvalue weighted by Crippen LogP contribution is 2.17. The average molecular weight is 396 g/mol. The molecule has 2 N–H and O–H groups in total. The number of urea groups is 1. The second kappa shape index (κ2) is 7.54. The summed E-state index contributed by atoms with van der Waals surface area (Å²) in [4.78, 5) is 24.6. The monoisotopic (exact) mass is 395 g/mol. The Balaban J connectivity index is 2.44. The van der Waals surface area contributed by atoms with Crippen LogP contribution in [0.4, 0.5) is 4.79 Å². The fourth-order valence-corrected chi connectivity index (χ4v) is 2.02. The number of nitrogens with one attached hydrogen (secondary N) is 2. The van der Waals surface area contributed by atoms with Crippen LogP contribution in [-0.4, -0.2) is 44.0 Å². The number of hydrogen-bond donors (Lipinski definition) is 2. The van der Waals surface area contributed by atoms with Gasteiger partial charge in [0.2, 0.25) is 0 Å². The molecule has 3 amide bonds. The van der Waals surface area contributed by atoms with Gasteiger partial charge in [-0.25, -0.2) is 4.79 Å². The molecular formula is C12H15ClIN3O2. The minimum atomic E-state index is -0.203. The molecule has 19 heavy (non-hydrogen) atoms. The molecule has 0 aliphatic heterocycles. The maximum Gasteiger partial charge on any atom is 0.316 e. The maximum absolute atomic E-state index is 11.9. The molecule has 0 heterocycles. The van der Waals surface area contributed by atoms with Crippen molar-refractivity contribution in [3.63, 3.8) is 0 Å². The van der Waals surface area contributed by atoms with E-state index in [0.717, 1.165) is 3.57 Å². The molecule has 5 nitrogen and oxygen atoms in total. The van der Waals surface area contributed by atoms with Crippen LogP contribution in [0.1, 0.15) is 10.4 Å². The number of rotatable bonds is 4. The van der Waals surface area contributed by atoms with E-state index in [1.165, 1.54) is 4.90 Å². The van der Waals surface area contributed by atoms with Crippen LogP contribution in [0.5, 0.6) is 0 Å². The first-order valence-corrected chi connectivity index (χ1v) is 7.06. The van der Waals surface area contributed by atoms with Gasteiger partial charge in [0.25, 0.3) is 5.91 Å². The number of amides is 3. The van der Waals surface area contributed by atoms with Gasteiger partial charge < -0.3 is 15.5 Å². The van der Waals surface area contributed by atoms with E-state index in [2.05, 4.69) is 33.2 Å². The van der Waals surface area contributed by atoms with Crippen LogP contribution in [0.3, 0.4) is 0 Å². The summed E-state index contributed by atoms with van der Waals surface area (Å²) in [6.07, 6.45) is 0. The molecule has 0 aliphatic carbocycles. The number of carbonyl (C=O) groups is 2. The third-order valence-electron chi connectivity index (χ3n) is 2.27. The summed E-state index contributed by atoms with van der Waals surface area (Å²) in [5.74, 6) is -0.203. The van der Waals surface area contributed by atoms with Crippen molar-refractivity contribution in [1.29, 1.82) is 0 Å². The quantitative estimate of drug-likeness (QED) is 0.605. The van der Waals surface area contributed by atoms with Crippen LogP contribution >= 0.6 is 34.2 Å². The molecule has 0 aromatic heterocycles. The predicted octanol–water partition coefficient (Wildman–Crippen LogP) is 1.95. The third-order valence-corrected chi connectivity index (χ3v) is 3.44. The van der Waals surface area contributed by atoms with Crippen molar-refractivity contribution in [2.45, 2.75) is 0 Å². The highest BCUT2D eigenvalue weighted by atomic mass is 127. The van der Waals surface area contributed by atoms with Gasteiger partial charge in [0.1, 0.15) is 0 Å². The average Bonchev–Trinajstić information content (AvgIpc) is 2.36. The Morgan fingerprint density at radius 1 is 1.26 bits per heavy atom. The van der Waals surface area contributed by atoms with Crippen LogP contribution in [0, 0.1) is 3.57 Å². The second-order valence-corrected chi connectivity index (χ2v) is 5.61. The third kappa shape index (κ3) is 5.23. The van der Waals surface area contributed by atoms with Crippen molar-refractivity contribution in [1.82, 2.24) is 15.5 Å². The smallest absolute Gasteiger partial charge is 0.316 e. The Kier molecular flexibility index (Phi) is 6.36. The van der Waals surface area contributed by atoms with Crippen LogP contribution in [0.25, 0.3) is 0 Å². The molecule has 7 heteroatoms. The highest BCUT2D eigenvalue weighted by Gasteiger charge is 2.10. The molecule has 0 unspecified atom stereocenters. The Bertz CT molecular complexity index is 480. The lowest BCUT2D eigenvalue weighted by Crippen LogP contribution is -2.39. The summed E-state index contributed by atoms with van der Waals surface area (Å²) in [6.45, 7) is 0.737. The summed E-state index contributed by atoms with van der Waals surface area (Å²) in [7, 11) is 3.31. The molecule has 0 spiro atoms. The van der Waals surface area contributed by atoms with Gasteiger partial charge in [-0.3, -0.25) is 4.79 Å². The lowest BCUT2D eigenvalue weighted by Gasteiger charge is -2.12. The highest BCUT2D eigenvalue weighted by molar-refractivity contribution is 14.1. The lowest BCUT2D eigenvalue weighted by molar-refractivity contribution is 0.0952. The van der Waals surface area contributed by atoms with Gasteiger partial charge in [0.05, 0.1) is 5.56 Å². The van der Waals surface area contributed by atoms with Crippen LogP contribution in [0.15, 0.2) is 18.2 Å². The molecule has 104 valence electrons.